The summed E-state index contributed by atoms with van der Waals surface area (Å²) in [5.74, 6) is 1.12. The number of carbonyl (C=O) groups excluding carboxylic acids is 2. The van der Waals surface area contributed by atoms with Crippen molar-refractivity contribution in [2.45, 2.75) is 39.0 Å². The largest absolute Gasteiger partial charge is 0.494 e. The van der Waals surface area contributed by atoms with Gasteiger partial charge in [0.1, 0.15) is 17.2 Å². The summed E-state index contributed by atoms with van der Waals surface area (Å²) in [5.41, 5.74) is 1.72. The predicted octanol–water partition coefficient (Wildman–Crippen LogP) is 7.78. The Bertz CT molecular complexity index is 1210. The number of unbranched alkanes of at least 4 members (excludes halogenated alkanes) is 3. The van der Waals surface area contributed by atoms with Gasteiger partial charge in [-0.15, -0.1) is 0 Å². The molecule has 0 aliphatic carbocycles. The van der Waals surface area contributed by atoms with Crippen molar-refractivity contribution in [3.63, 3.8) is 0 Å². The van der Waals surface area contributed by atoms with Crippen LogP contribution in [0.1, 0.15) is 49.4 Å². The lowest BCUT2D eigenvalue weighted by atomic mass is 10.2. The quantitative estimate of drug-likeness (QED) is 0.0617. The number of nitrogens with zero attached hydrogens (tertiary/aromatic N) is 2. The highest BCUT2D eigenvalue weighted by Gasteiger charge is 2.09. The third-order valence-electron chi connectivity index (χ3n) is 5.45. The fourth-order valence-corrected chi connectivity index (χ4v) is 3.36. The maximum absolute atomic E-state index is 12.4. The molecule has 0 saturated heterocycles. The van der Waals surface area contributed by atoms with E-state index in [4.69, 9.17) is 18.9 Å². The van der Waals surface area contributed by atoms with Crippen LogP contribution in [0.25, 0.3) is 0 Å². The predicted molar refractivity (Wildman–Crippen MR) is 149 cm³/mol. The van der Waals surface area contributed by atoms with Crippen LogP contribution in [-0.2, 0) is 9.53 Å². The summed E-state index contributed by atoms with van der Waals surface area (Å²) < 4.78 is 21.7. The number of carbonyl (C=O) groups is 2. The van der Waals surface area contributed by atoms with Crippen LogP contribution in [-0.4, -0.2) is 31.8 Å². The third-order valence-corrected chi connectivity index (χ3v) is 5.45. The second-order valence-corrected chi connectivity index (χ2v) is 8.58. The van der Waals surface area contributed by atoms with Crippen molar-refractivity contribution in [3.8, 4) is 17.2 Å². The Morgan fingerprint density at radius 3 is 1.79 bits per heavy atom. The number of hydrogen-bond donors (Lipinski definition) is 0. The number of rotatable bonds is 16. The van der Waals surface area contributed by atoms with Gasteiger partial charge in [-0.1, -0.05) is 13.5 Å². The van der Waals surface area contributed by atoms with Crippen LogP contribution in [0.5, 0.6) is 17.2 Å². The van der Waals surface area contributed by atoms with Crippen LogP contribution in [0.15, 0.2) is 95.7 Å². The van der Waals surface area contributed by atoms with E-state index >= 15 is 0 Å². The first-order chi connectivity index (χ1) is 19.1. The minimum absolute atomic E-state index is 0.381. The molecule has 0 amide bonds. The zero-order valence-electron chi connectivity index (χ0n) is 22.2. The molecule has 3 aromatic rings. The van der Waals surface area contributed by atoms with E-state index in [1.165, 1.54) is 6.08 Å². The molecule has 0 aromatic heterocycles. The fraction of sp³-hybridized carbons (Fsp3) is 0.290. The molecule has 0 heterocycles. The zero-order valence-corrected chi connectivity index (χ0v) is 22.2. The fourth-order valence-electron chi connectivity index (χ4n) is 3.36. The van der Waals surface area contributed by atoms with Crippen molar-refractivity contribution in [2.75, 3.05) is 19.8 Å². The van der Waals surface area contributed by atoms with E-state index in [1.807, 2.05) is 31.2 Å². The van der Waals surface area contributed by atoms with Gasteiger partial charge in [-0.05, 0) is 105 Å². The van der Waals surface area contributed by atoms with E-state index in [0.717, 1.165) is 43.6 Å². The molecule has 0 radical (unpaired) electrons. The molecular formula is C31H34N2O6. The average molecular weight is 531 g/mol. The molecule has 0 spiro atoms. The van der Waals surface area contributed by atoms with Gasteiger partial charge in [0.15, 0.2) is 0 Å². The number of azo groups is 1. The first-order valence-corrected chi connectivity index (χ1v) is 13.1. The van der Waals surface area contributed by atoms with Crippen LogP contribution in [0.2, 0.25) is 0 Å². The zero-order chi connectivity index (χ0) is 27.7. The van der Waals surface area contributed by atoms with Gasteiger partial charge in [0, 0.05) is 6.08 Å². The van der Waals surface area contributed by atoms with E-state index in [9.17, 15) is 9.59 Å². The second kappa shape index (κ2) is 16.4. The van der Waals surface area contributed by atoms with E-state index in [2.05, 4.69) is 16.8 Å². The summed E-state index contributed by atoms with van der Waals surface area (Å²) in [5, 5.41) is 8.48. The van der Waals surface area contributed by atoms with E-state index in [1.54, 1.807) is 48.5 Å². The molecular weight excluding hydrogens is 496 g/mol. The minimum Gasteiger partial charge on any atom is -0.494 e. The molecule has 0 N–H and O–H groups in total. The molecule has 0 bridgehead atoms. The van der Waals surface area contributed by atoms with Gasteiger partial charge in [-0.2, -0.15) is 10.2 Å². The van der Waals surface area contributed by atoms with E-state index in [0.29, 0.717) is 42.5 Å². The van der Waals surface area contributed by atoms with Crippen LogP contribution in [0.3, 0.4) is 0 Å². The SMILES string of the molecule is C=CC(=O)OCCCCCCOc1ccc(N=Nc2ccc(C(=O)Oc3ccc(OCCC)cc3)cc2)cc1. The van der Waals surface area contributed by atoms with Gasteiger partial charge in [-0.25, -0.2) is 9.59 Å². The molecule has 0 fully saturated rings. The molecule has 3 aromatic carbocycles. The van der Waals surface area contributed by atoms with Crippen molar-refractivity contribution in [2.24, 2.45) is 10.2 Å². The molecule has 39 heavy (non-hydrogen) atoms. The summed E-state index contributed by atoms with van der Waals surface area (Å²) in [4.78, 5) is 23.4. The summed E-state index contributed by atoms with van der Waals surface area (Å²) in [6.07, 6.45) is 5.81. The monoisotopic (exact) mass is 530 g/mol. The summed E-state index contributed by atoms with van der Waals surface area (Å²) >= 11 is 0. The maximum atomic E-state index is 12.4. The highest BCUT2D eigenvalue weighted by Crippen LogP contribution is 2.23. The van der Waals surface area contributed by atoms with Crippen molar-refractivity contribution in [1.82, 2.24) is 0 Å². The lowest BCUT2D eigenvalue weighted by Crippen LogP contribution is -2.08. The maximum Gasteiger partial charge on any atom is 0.343 e. The topological polar surface area (TPSA) is 95.8 Å². The molecule has 3 rings (SSSR count). The number of hydrogen-bond acceptors (Lipinski definition) is 8. The Morgan fingerprint density at radius 1 is 0.692 bits per heavy atom. The van der Waals surface area contributed by atoms with Gasteiger partial charge in [0.2, 0.25) is 0 Å². The van der Waals surface area contributed by atoms with Crippen LogP contribution in [0.4, 0.5) is 11.4 Å². The Kier molecular flexibility index (Phi) is 12.2. The first kappa shape index (κ1) is 29.1. The van der Waals surface area contributed by atoms with Gasteiger partial charge >= 0.3 is 11.9 Å². The van der Waals surface area contributed by atoms with Gasteiger partial charge in [0.25, 0.3) is 0 Å². The molecule has 0 aliphatic heterocycles. The van der Waals surface area contributed by atoms with Crippen molar-refractivity contribution in [1.29, 1.82) is 0 Å². The van der Waals surface area contributed by atoms with Crippen LogP contribution < -0.4 is 14.2 Å². The Balaban J connectivity index is 1.38. The lowest BCUT2D eigenvalue weighted by molar-refractivity contribution is -0.137. The number of benzene rings is 3. The van der Waals surface area contributed by atoms with Gasteiger partial charge in [0.05, 0.1) is 36.8 Å². The van der Waals surface area contributed by atoms with Crippen LogP contribution >= 0.6 is 0 Å². The van der Waals surface area contributed by atoms with Crippen LogP contribution in [0, 0.1) is 0 Å². The van der Waals surface area contributed by atoms with Crippen molar-refractivity contribution in [3.05, 3.63) is 91.0 Å². The Morgan fingerprint density at radius 2 is 1.21 bits per heavy atom. The molecule has 0 aliphatic rings. The molecule has 0 atom stereocenters. The minimum atomic E-state index is -0.453. The third kappa shape index (κ3) is 10.8. The molecule has 0 unspecified atom stereocenters. The highest BCUT2D eigenvalue weighted by atomic mass is 16.5. The number of esters is 2. The summed E-state index contributed by atoms with van der Waals surface area (Å²) in [6.45, 7) is 7.08. The van der Waals surface area contributed by atoms with Gasteiger partial charge < -0.3 is 18.9 Å². The summed E-state index contributed by atoms with van der Waals surface area (Å²) in [6, 6.07) is 21.1. The second-order valence-electron chi connectivity index (χ2n) is 8.58. The summed E-state index contributed by atoms with van der Waals surface area (Å²) in [7, 11) is 0. The van der Waals surface area contributed by atoms with E-state index in [-0.39, 0.29) is 5.97 Å². The lowest BCUT2D eigenvalue weighted by Gasteiger charge is -2.07. The highest BCUT2D eigenvalue weighted by molar-refractivity contribution is 5.91. The van der Waals surface area contributed by atoms with E-state index < -0.39 is 5.97 Å². The Hall–Kier alpha value is -4.46. The first-order valence-electron chi connectivity index (χ1n) is 13.1. The molecule has 204 valence electrons. The normalized spacial score (nSPS) is 10.7. The number of ether oxygens (including phenoxy) is 4. The van der Waals surface area contributed by atoms with Gasteiger partial charge in [-0.3, -0.25) is 0 Å². The molecule has 8 nitrogen and oxygen atoms in total. The molecule has 8 heteroatoms. The van der Waals surface area contributed by atoms with Crippen molar-refractivity contribution >= 4 is 23.3 Å². The Labute approximate surface area is 229 Å². The van der Waals surface area contributed by atoms with Crippen molar-refractivity contribution < 1.29 is 28.5 Å². The smallest absolute Gasteiger partial charge is 0.343 e. The standard InChI is InChI=1S/C31H34N2O6/c1-3-21-36-28-17-19-29(20-18-28)39-31(35)24-9-11-25(12-10-24)32-33-26-13-15-27(16-14-26)37-22-7-5-6-8-23-38-30(34)4-2/h4,9-20H,2-3,5-8,21-23H2,1H3. The average Bonchev–Trinajstić information content (AvgIpc) is 2.97. The molecule has 0 saturated carbocycles.